The van der Waals surface area contributed by atoms with Gasteiger partial charge >= 0.3 is 0 Å². The molecule has 0 N–H and O–H groups in total. The fourth-order valence-corrected chi connectivity index (χ4v) is 5.22. The SMILES string of the molecule is C1=C(c2cc3ccccc3c3ccccc23)CC2COCC1N2Cc1ccccc1. The molecule has 2 nitrogen and oxygen atoms in total. The molecular formula is C28H25NO. The maximum absolute atomic E-state index is 5.96. The van der Waals surface area contributed by atoms with Crippen molar-refractivity contribution in [3.05, 3.63) is 102 Å². The molecule has 2 aliphatic heterocycles. The van der Waals surface area contributed by atoms with E-state index >= 15 is 0 Å². The predicted molar refractivity (Wildman–Crippen MR) is 124 cm³/mol. The minimum atomic E-state index is 0.331. The number of hydrogen-bond acceptors (Lipinski definition) is 2. The Labute approximate surface area is 177 Å². The van der Waals surface area contributed by atoms with Crippen LogP contribution in [0.4, 0.5) is 0 Å². The van der Waals surface area contributed by atoms with Crippen molar-refractivity contribution >= 4 is 27.1 Å². The summed E-state index contributed by atoms with van der Waals surface area (Å²) in [7, 11) is 0. The molecule has 2 bridgehead atoms. The van der Waals surface area contributed by atoms with Gasteiger partial charge in [0.05, 0.1) is 19.3 Å². The minimum absolute atomic E-state index is 0.331. The second-order valence-electron chi connectivity index (χ2n) is 8.50. The van der Waals surface area contributed by atoms with Gasteiger partial charge in [-0.25, -0.2) is 0 Å². The normalized spacial score (nSPS) is 21.7. The first-order chi connectivity index (χ1) is 14.9. The van der Waals surface area contributed by atoms with E-state index in [-0.39, 0.29) is 0 Å². The van der Waals surface area contributed by atoms with Gasteiger partial charge in [-0.1, -0.05) is 84.9 Å². The average molecular weight is 392 g/mol. The van der Waals surface area contributed by atoms with Crippen molar-refractivity contribution in [2.45, 2.75) is 25.0 Å². The Morgan fingerprint density at radius 1 is 0.767 bits per heavy atom. The van der Waals surface area contributed by atoms with Crippen molar-refractivity contribution < 1.29 is 4.74 Å². The number of morpholine rings is 1. The van der Waals surface area contributed by atoms with Crippen LogP contribution in [-0.2, 0) is 11.3 Å². The van der Waals surface area contributed by atoms with E-state index in [9.17, 15) is 0 Å². The van der Waals surface area contributed by atoms with E-state index in [4.69, 9.17) is 4.74 Å². The average Bonchev–Trinajstić information content (AvgIpc) is 2.79. The van der Waals surface area contributed by atoms with Gasteiger partial charge in [0, 0.05) is 12.6 Å². The number of nitrogens with zero attached hydrogens (tertiary/aromatic N) is 1. The van der Waals surface area contributed by atoms with E-state index in [1.807, 2.05) is 0 Å². The Morgan fingerprint density at radius 3 is 2.33 bits per heavy atom. The second kappa shape index (κ2) is 7.39. The van der Waals surface area contributed by atoms with Crippen molar-refractivity contribution in [1.29, 1.82) is 0 Å². The maximum atomic E-state index is 5.96. The standard InChI is InChI=1S/C28H25NO/c1-2-8-20(9-3-1)17-29-23-14-22(15-24(29)19-30-18-23)28-16-21-10-4-5-11-25(21)26-12-6-7-13-27(26)28/h1-14,16,23-24H,15,17-19H2. The maximum Gasteiger partial charge on any atom is 0.0658 e. The lowest BCUT2D eigenvalue weighted by molar-refractivity contribution is -0.0402. The van der Waals surface area contributed by atoms with Crippen LogP contribution in [0.2, 0.25) is 0 Å². The van der Waals surface area contributed by atoms with E-state index in [0.717, 1.165) is 26.2 Å². The molecule has 4 aromatic carbocycles. The van der Waals surface area contributed by atoms with Gasteiger partial charge in [-0.2, -0.15) is 0 Å². The van der Waals surface area contributed by atoms with Gasteiger partial charge in [0.2, 0.25) is 0 Å². The molecule has 2 atom stereocenters. The molecular weight excluding hydrogens is 366 g/mol. The Kier molecular flexibility index (Phi) is 4.40. The highest BCUT2D eigenvalue weighted by molar-refractivity contribution is 6.11. The van der Waals surface area contributed by atoms with Gasteiger partial charge in [0.15, 0.2) is 0 Å². The third kappa shape index (κ3) is 3.04. The highest BCUT2D eigenvalue weighted by Gasteiger charge is 2.35. The number of rotatable bonds is 3. The summed E-state index contributed by atoms with van der Waals surface area (Å²) in [5.41, 5.74) is 4.24. The monoisotopic (exact) mass is 391 g/mol. The van der Waals surface area contributed by atoms with Crippen LogP contribution in [0.15, 0.2) is 91.0 Å². The van der Waals surface area contributed by atoms with E-state index in [1.165, 1.54) is 38.2 Å². The van der Waals surface area contributed by atoms with Gasteiger partial charge in [0.1, 0.15) is 0 Å². The summed E-state index contributed by atoms with van der Waals surface area (Å²) in [4.78, 5) is 2.63. The van der Waals surface area contributed by atoms with Crippen molar-refractivity contribution in [3.63, 3.8) is 0 Å². The third-order valence-corrected chi connectivity index (χ3v) is 6.66. The lowest BCUT2D eigenvalue weighted by Crippen LogP contribution is -2.53. The molecule has 0 spiro atoms. The van der Waals surface area contributed by atoms with E-state index in [0.29, 0.717) is 12.1 Å². The van der Waals surface area contributed by atoms with Gasteiger partial charge in [0.25, 0.3) is 0 Å². The summed E-state index contributed by atoms with van der Waals surface area (Å²) in [6, 6.07) is 31.6. The highest BCUT2D eigenvalue weighted by atomic mass is 16.5. The van der Waals surface area contributed by atoms with E-state index in [2.05, 4.69) is 95.9 Å². The number of benzene rings is 4. The fourth-order valence-electron chi connectivity index (χ4n) is 5.22. The van der Waals surface area contributed by atoms with Gasteiger partial charge in [-0.05, 0) is 50.7 Å². The zero-order chi connectivity index (χ0) is 19.9. The minimum Gasteiger partial charge on any atom is -0.378 e. The van der Waals surface area contributed by atoms with Crippen LogP contribution in [0.25, 0.3) is 27.1 Å². The van der Waals surface area contributed by atoms with Crippen LogP contribution in [0, 0.1) is 0 Å². The number of fused-ring (bicyclic) bond motifs is 5. The van der Waals surface area contributed by atoms with Crippen LogP contribution in [-0.4, -0.2) is 30.2 Å². The summed E-state index contributed by atoms with van der Waals surface area (Å²) in [5, 5.41) is 5.36. The van der Waals surface area contributed by atoms with E-state index in [1.54, 1.807) is 0 Å². The van der Waals surface area contributed by atoms with Gasteiger partial charge in [-0.3, -0.25) is 4.90 Å². The van der Waals surface area contributed by atoms with Crippen molar-refractivity contribution in [1.82, 2.24) is 4.90 Å². The number of hydrogen-bond donors (Lipinski definition) is 0. The largest absolute Gasteiger partial charge is 0.378 e. The molecule has 1 saturated heterocycles. The molecule has 0 amide bonds. The molecule has 30 heavy (non-hydrogen) atoms. The quantitative estimate of drug-likeness (QED) is 0.394. The van der Waals surface area contributed by atoms with Crippen LogP contribution >= 0.6 is 0 Å². The molecule has 1 fully saturated rings. The summed E-state index contributed by atoms with van der Waals surface area (Å²) in [6.45, 7) is 2.58. The smallest absolute Gasteiger partial charge is 0.0658 e. The zero-order valence-corrected chi connectivity index (χ0v) is 17.0. The molecule has 2 heterocycles. The molecule has 6 rings (SSSR count). The number of ether oxygens (including phenoxy) is 1. The summed E-state index contributed by atoms with van der Waals surface area (Å²) in [5.74, 6) is 0. The fraction of sp³-hybridized carbons (Fsp3) is 0.214. The molecule has 4 aromatic rings. The second-order valence-corrected chi connectivity index (χ2v) is 8.50. The Hall–Kier alpha value is -2.94. The summed E-state index contributed by atoms with van der Waals surface area (Å²) in [6.07, 6.45) is 3.50. The molecule has 148 valence electrons. The Balaban J connectivity index is 1.45. The molecule has 2 aliphatic rings. The lowest BCUT2D eigenvalue weighted by atomic mass is 9.85. The van der Waals surface area contributed by atoms with Crippen molar-refractivity contribution in [3.8, 4) is 0 Å². The van der Waals surface area contributed by atoms with Crippen LogP contribution in [0.3, 0.4) is 0 Å². The zero-order valence-electron chi connectivity index (χ0n) is 17.0. The highest BCUT2D eigenvalue weighted by Crippen LogP contribution is 2.38. The Bertz CT molecular complexity index is 1240. The van der Waals surface area contributed by atoms with Crippen molar-refractivity contribution in [2.75, 3.05) is 13.2 Å². The molecule has 0 saturated carbocycles. The van der Waals surface area contributed by atoms with Crippen LogP contribution < -0.4 is 0 Å². The first-order valence-corrected chi connectivity index (χ1v) is 10.9. The molecule has 0 aliphatic carbocycles. The predicted octanol–water partition coefficient (Wildman–Crippen LogP) is 6.05. The molecule has 2 heteroatoms. The van der Waals surface area contributed by atoms with Crippen LogP contribution in [0.5, 0.6) is 0 Å². The van der Waals surface area contributed by atoms with Gasteiger partial charge < -0.3 is 4.74 Å². The molecule has 0 radical (unpaired) electrons. The summed E-state index contributed by atoms with van der Waals surface area (Å²) < 4.78 is 5.96. The summed E-state index contributed by atoms with van der Waals surface area (Å²) >= 11 is 0. The van der Waals surface area contributed by atoms with Crippen LogP contribution in [0.1, 0.15) is 17.5 Å². The molecule has 0 aromatic heterocycles. The first-order valence-electron chi connectivity index (χ1n) is 10.9. The topological polar surface area (TPSA) is 12.5 Å². The van der Waals surface area contributed by atoms with E-state index < -0.39 is 0 Å². The van der Waals surface area contributed by atoms with Crippen molar-refractivity contribution in [2.24, 2.45) is 0 Å². The first kappa shape index (κ1) is 17.9. The molecule has 2 unspecified atom stereocenters. The lowest BCUT2D eigenvalue weighted by Gasteiger charge is -2.45. The van der Waals surface area contributed by atoms with Gasteiger partial charge in [-0.15, -0.1) is 0 Å². The Morgan fingerprint density at radius 2 is 1.50 bits per heavy atom. The third-order valence-electron chi connectivity index (χ3n) is 6.66.